The molecule has 4 nitrogen and oxygen atoms in total. The lowest BCUT2D eigenvalue weighted by atomic mass is 10.1. The van der Waals surface area contributed by atoms with Gasteiger partial charge < -0.3 is 0 Å². The molecule has 78 valence electrons. The molecule has 0 aliphatic heterocycles. The smallest absolute Gasteiger partial charge is 0.258 e. The van der Waals surface area contributed by atoms with Gasteiger partial charge in [0.25, 0.3) is 5.69 Å². The van der Waals surface area contributed by atoms with Crippen molar-refractivity contribution in [2.45, 2.75) is 19.8 Å². The van der Waals surface area contributed by atoms with Crippen LogP contribution in [0.25, 0.3) is 0 Å². The van der Waals surface area contributed by atoms with Crippen LogP contribution in [0.5, 0.6) is 0 Å². The van der Waals surface area contributed by atoms with E-state index in [1.165, 1.54) is 12.1 Å². The highest BCUT2D eigenvalue weighted by molar-refractivity contribution is 5.51. The van der Waals surface area contributed by atoms with E-state index >= 15 is 0 Å². The maximum absolute atomic E-state index is 10.4. The summed E-state index contributed by atoms with van der Waals surface area (Å²) in [6, 6.07) is 6.34. The van der Waals surface area contributed by atoms with Crippen molar-refractivity contribution in [3.63, 3.8) is 0 Å². The number of carbonyl (C=O) groups excluding carboxylic acids is 1. The second-order valence-corrected chi connectivity index (χ2v) is 3.31. The Hall–Kier alpha value is -1.93. The molecule has 0 aromatic heterocycles. The number of allylic oxidation sites excluding steroid dienone is 1. The molecular weight excluding hydrogens is 194 g/mol. The zero-order valence-electron chi connectivity index (χ0n) is 8.40. The summed E-state index contributed by atoms with van der Waals surface area (Å²) in [6.07, 6.45) is 1.35. The number of nitro benzene ring substituents is 1. The predicted octanol–water partition coefficient (Wildman–Crippen LogP) is 2.31. The lowest BCUT2D eigenvalue weighted by molar-refractivity contribution is -0.384. The van der Waals surface area contributed by atoms with Gasteiger partial charge in [-0.3, -0.25) is 10.1 Å². The summed E-state index contributed by atoms with van der Waals surface area (Å²) in [5, 5.41) is 10.4. The molecule has 4 heteroatoms. The van der Waals surface area contributed by atoms with E-state index in [0.29, 0.717) is 18.4 Å². The van der Waals surface area contributed by atoms with Crippen molar-refractivity contribution >= 4 is 11.6 Å². The fraction of sp³-hybridized carbons (Fsp3) is 0.273. The van der Waals surface area contributed by atoms with Crippen molar-refractivity contribution in [1.29, 1.82) is 0 Å². The predicted molar refractivity (Wildman–Crippen MR) is 56.3 cm³/mol. The van der Waals surface area contributed by atoms with E-state index in [0.717, 1.165) is 5.56 Å². The van der Waals surface area contributed by atoms with Crippen molar-refractivity contribution in [2.24, 2.45) is 0 Å². The minimum absolute atomic E-state index is 0.0846. The van der Waals surface area contributed by atoms with Crippen molar-refractivity contribution in [3.8, 4) is 0 Å². The number of nitro groups is 1. The molecule has 0 spiro atoms. The molecule has 1 rings (SSSR count). The molecule has 0 aliphatic carbocycles. The zero-order chi connectivity index (χ0) is 11.3. The molecular formula is C11H11NO3. The minimum atomic E-state index is -0.430. The molecule has 0 amide bonds. The number of aryl methyl sites for hydroxylation is 1. The van der Waals surface area contributed by atoms with E-state index < -0.39 is 4.92 Å². The van der Waals surface area contributed by atoms with Crippen molar-refractivity contribution in [2.75, 3.05) is 0 Å². The van der Waals surface area contributed by atoms with Crippen LogP contribution in [0.1, 0.15) is 18.9 Å². The minimum Gasteiger partial charge on any atom is -0.258 e. The average Bonchev–Trinajstić information content (AvgIpc) is 2.26. The van der Waals surface area contributed by atoms with Crippen LogP contribution in [0.4, 0.5) is 5.69 Å². The molecule has 0 saturated carbocycles. The summed E-state index contributed by atoms with van der Waals surface area (Å²) in [4.78, 5) is 20.2. The molecule has 0 unspecified atom stereocenters. The van der Waals surface area contributed by atoms with Gasteiger partial charge in [0.1, 0.15) is 5.94 Å². The van der Waals surface area contributed by atoms with Crippen LogP contribution in [0.2, 0.25) is 0 Å². The highest BCUT2D eigenvalue weighted by Crippen LogP contribution is 2.14. The topological polar surface area (TPSA) is 60.2 Å². The Morgan fingerprint density at radius 1 is 1.40 bits per heavy atom. The van der Waals surface area contributed by atoms with Gasteiger partial charge in [0, 0.05) is 17.7 Å². The summed E-state index contributed by atoms with van der Waals surface area (Å²) >= 11 is 0. The number of nitrogens with zero attached hydrogens (tertiary/aromatic N) is 1. The van der Waals surface area contributed by atoms with E-state index in [-0.39, 0.29) is 5.69 Å². The molecule has 0 N–H and O–H groups in total. The van der Waals surface area contributed by atoms with Crippen LogP contribution >= 0.6 is 0 Å². The highest BCUT2D eigenvalue weighted by atomic mass is 16.6. The van der Waals surface area contributed by atoms with Gasteiger partial charge in [-0.15, -0.1) is 0 Å². The largest absolute Gasteiger partial charge is 0.269 e. The van der Waals surface area contributed by atoms with E-state index in [2.05, 4.69) is 0 Å². The van der Waals surface area contributed by atoms with Gasteiger partial charge in [0.05, 0.1) is 4.92 Å². The van der Waals surface area contributed by atoms with Gasteiger partial charge in [-0.2, -0.15) is 0 Å². The van der Waals surface area contributed by atoms with Crippen LogP contribution in [0, 0.1) is 10.1 Å². The maximum Gasteiger partial charge on any atom is 0.269 e. The summed E-state index contributed by atoms with van der Waals surface area (Å²) in [7, 11) is 0. The first-order chi connectivity index (χ1) is 7.13. The van der Waals surface area contributed by atoms with Crippen LogP contribution in [-0.2, 0) is 11.2 Å². The third-order valence-corrected chi connectivity index (χ3v) is 2.11. The number of non-ortho nitro benzene ring substituents is 1. The van der Waals surface area contributed by atoms with Crippen LogP contribution < -0.4 is 0 Å². The third kappa shape index (κ3) is 3.37. The van der Waals surface area contributed by atoms with Gasteiger partial charge in [0.15, 0.2) is 0 Å². The Balaban J connectivity index is 2.65. The van der Waals surface area contributed by atoms with Crippen molar-refractivity contribution in [3.05, 3.63) is 45.5 Å². The molecule has 0 fully saturated rings. The fourth-order valence-corrected chi connectivity index (χ4v) is 1.17. The molecule has 0 radical (unpaired) electrons. The molecule has 1 aromatic carbocycles. The average molecular weight is 205 g/mol. The Morgan fingerprint density at radius 2 is 2.00 bits per heavy atom. The number of hydrogen-bond donors (Lipinski definition) is 0. The van der Waals surface area contributed by atoms with Gasteiger partial charge >= 0.3 is 0 Å². The summed E-state index contributed by atoms with van der Waals surface area (Å²) in [6.45, 7) is 1.72. The standard InChI is InChI=1S/C11H11NO3/c1-9(8-13)2-3-10-4-6-11(7-5-10)12(14)15/h4-7H,2-3H2,1H3. The summed E-state index contributed by atoms with van der Waals surface area (Å²) < 4.78 is 0. The first-order valence-corrected chi connectivity index (χ1v) is 4.57. The van der Waals surface area contributed by atoms with Gasteiger partial charge in [0.2, 0.25) is 0 Å². The van der Waals surface area contributed by atoms with Crippen LogP contribution in [-0.4, -0.2) is 10.9 Å². The lowest BCUT2D eigenvalue weighted by Crippen LogP contribution is -1.90. The second kappa shape index (κ2) is 5.08. The normalized spacial score (nSPS) is 9.40. The number of rotatable bonds is 4. The van der Waals surface area contributed by atoms with Crippen molar-refractivity contribution in [1.82, 2.24) is 0 Å². The first-order valence-electron chi connectivity index (χ1n) is 4.57. The molecule has 0 saturated heterocycles. The Bertz CT molecular complexity index is 402. The Morgan fingerprint density at radius 3 is 2.47 bits per heavy atom. The molecule has 1 aromatic rings. The third-order valence-electron chi connectivity index (χ3n) is 2.11. The van der Waals surface area contributed by atoms with E-state index in [9.17, 15) is 14.9 Å². The quantitative estimate of drug-likeness (QED) is 0.430. The van der Waals surface area contributed by atoms with Gasteiger partial charge in [-0.1, -0.05) is 12.1 Å². The highest BCUT2D eigenvalue weighted by Gasteiger charge is 2.03. The summed E-state index contributed by atoms with van der Waals surface area (Å²) in [5.41, 5.74) is 1.73. The summed E-state index contributed by atoms with van der Waals surface area (Å²) in [5.74, 6) is 1.82. The van der Waals surface area contributed by atoms with Crippen molar-refractivity contribution < 1.29 is 9.72 Å². The maximum atomic E-state index is 10.4. The number of hydrogen-bond acceptors (Lipinski definition) is 3. The zero-order valence-corrected chi connectivity index (χ0v) is 8.40. The Kier molecular flexibility index (Phi) is 3.77. The lowest BCUT2D eigenvalue weighted by Gasteiger charge is -1.99. The molecule has 15 heavy (non-hydrogen) atoms. The first kappa shape index (κ1) is 11.1. The van der Waals surface area contributed by atoms with E-state index in [1.807, 2.05) is 5.94 Å². The van der Waals surface area contributed by atoms with Gasteiger partial charge in [-0.25, -0.2) is 4.79 Å². The van der Waals surface area contributed by atoms with E-state index in [1.54, 1.807) is 19.1 Å². The Labute approximate surface area is 87.4 Å². The molecule has 0 atom stereocenters. The van der Waals surface area contributed by atoms with Gasteiger partial charge in [-0.05, 0) is 25.3 Å². The molecule has 0 aliphatic rings. The molecule has 0 heterocycles. The van der Waals surface area contributed by atoms with E-state index in [4.69, 9.17) is 0 Å². The molecule has 0 bridgehead atoms. The van der Waals surface area contributed by atoms with Crippen LogP contribution in [0.15, 0.2) is 29.8 Å². The second-order valence-electron chi connectivity index (χ2n) is 3.31. The fourth-order valence-electron chi connectivity index (χ4n) is 1.17. The SMILES string of the molecule is CC(=C=O)CCc1ccc([N+](=O)[O-])cc1. The van der Waals surface area contributed by atoms with Crippen LogP contribution in [0.3, 0.4) is 0 Å². The monoisotopic (exact) mass is 205 g/mol. The number of benzene rings is 1.